The number of amides is 1. The van der Waals surface area contributed by atoms with Crippen molar-refractivity contribution < 1.29 is 28.0 Å². The summed E-state index contributed by atoms with van der Waals surface area (Å²) < 4.78 is 21.9. The normalized spacial score (nSPS) is 10.9. The lowest BCUT2D eigenvalue weighted by molar-refractivity contribution is -0.384. The molecule has 0 saturated heterocycles. The van der Waals surface area contributed by atoms with Gasteiger partial charge in [0.05, 0.1) is 21.9 Å². The van der Waals surface area contributed by atoms with Crippen molar-refractivity contribution in [3.05, 3.63) is 33.9 Å². The molecule has 9 nitrogen and oxygen atoms in total. The molecule has 0 aliphatic carbocycles. The van der Waals surface area contributed by atoms with Gasteiger partial charge < -0.3 is 10.4 Å². The highest BCUT2D eigenvalue weighted by Crippen LogP contribution is 2.22. The van der Waals surface area contributed by atoms with E-state index >= 15 is 0 Å². The third kappa shape index (κ3) is 5.18. The maximum absolute atomic E-state index is 11.6. The molecule has 0 aliphatic heterocycles. The average Bonchev–Trinajstić information content (AvgIpc) is 2.35. The highest BCUT2D eigenvalue weighted by molar-refractivity contribution is 7.90. The van der Waals surface area contributed by atoms with E-state index < -0.39 is 38.1 Å². The first-order chi connectivity index (χ1) is 9.60. The van der Waals surface area contributed by atoms with Gasteiger partial charge in [-0.15, -0.1) is 0 Å². The minimum atomic E-state index is -3.34. The number of carboxylic acid groups (broad SMARTS) is 1. The van der Waals surface area contributed by atoms with Crippen LogP contribution in [0.3, 0.4) is 0 Å². The number of sulfone groups is 1. The number of nitro groups is 1. The number of anilines is 1. The molecule has 1 aromatic rings. The van der Waals surface area contributed by atoms with E-state index in [1.807, 2.05) is 0 Å². The molecule has 0 radical (unpaired) electrons. The van der Waals surface area contributed by atoms with Crippen molar-refractivity contribution in [2.75, 3.05) is 17.3 Å². The lowest BCUT2D eigenvalue weighted by Crippen LogP contribution is -2.18. The minimum absolute atomic E-state index is 0.254. The Morgan fingerprint density at radius 3 is 2.48 bits per heavy atom. The summed E-state index contributed by atoms with van der Waals surface area (Å²) in [7, 11) is -3.34. The summed E-state index contributed by atoms with van der Waals surface area (Å²) in [6.07, 6.45) is 0.580. The van der Waals surface area contributed by atoms with E-state index in [9.17, 15) is 28.1 Å². The van der Waals surface area contributed by atoms with Crippen LogP contribution >= 0.6 is 0 Å². The molecule has 1 aromatic carbocycles. The Morgan fingerprint density at radius 1 is 1.38 bits per heavy atom. The lowest BCUT2D eigenvalue weighted by Gasteiger charge is -2.08. The number of benzene rings is 1. The molecule has 0 spiro atoms. The second-order valence-corrected chi connectivity index (χ2v) is 6.48. The van der Waals surface area contributed by atoms with Crippen LogP contribution in [0.25, 0.3) is 0 Å². The molecule has 0 fully saturated rings. The van der Waals surface area contributed by atoms with E-state index in [-0.39, 0.29) is 17.7 Å². The van der Waals surface area contributed by atoms with E-state index in [1.54, 1.807) is 0 Å². The fraction of sp³-hybridized carbons (Fsp3) is 0.273. The van der Waals surface area contributed by atoms with Gasteiger partial charge in [-0.25, -0.2) is 13.2 Å². The van der Waals surface area contributed by atoms with E-state index in [0.29, 0.717) is 0 Å². The maximum atomic E-state index is 11.6. The zero-order valence-electron chi connectivity index (χ0n) is 10.9. The fourth-order valence-corrected chi connectivity index (χ4v) is 1.98. The summed E-state index contributed by atoms with van der Waals surface area (Å²) in [4.78, 5) is 32.5. The first kappa shape index (κ1) is 16.6. The van der Waals surface area contributed by atoms with Crippen LogP contribution in [0, 0.1) is 10.1 Å². The zero-order valence-corrected chi connectivity index (χ0v) is 11.7. The zero-order chi connectivity index (χ0) is 16.2. The van der Waals surface area contributed by atoms with Gasteiger partial charge in [0, 0.05) is 24.8 Å². The van der Waals surface area contributed by atoms with E-state index in [1.165, 1.54) is 0 Å². The van der Waals surface area contributed by atoms with Crippen LogP contribution in [0.5, 0.6) is 0 Å². The number of carbonyl (C=O) groups is 2. The minimum Gasteiger partial charge on any atom is -0.478 e. The molecular formula is C11H12N2O7S. The molecule has 0 aromatic heterocycles. The Balaban J connectivity index is 2.99. The molecule has 1 amide bonds. The predicted molar refractivity (Wildman–Crippen MR) is 73.0 cm³/mol. The standard InChI is InChI=1S/C11H12N2O7S/c1-21(19,20)5-4-10(14)12-9-6-7(13(17)18)2-3-8(9)11(15)16/h2-3,6H,4-5H2,1H3,(H,12,14)(H,15,16). The second-order valence-electron chi connectivity index (χ2n) is 4.22. The van der Waals surface area contributed by atoms with Gasteiger partial charge in [0.25, 0.3) is 5.69 Å². The van der Waals surface area contributed by atoms with Crippen LogP contribution in [0.15, 0.2) is 18.2 Å². The smallest absolute Gasteiger partial charge is 0.337 e. The average molecular weight is 316 g/mol. The maximum Gasteiger partial charge on any atom is 0.337 e. The Hall–Kier alpha value is -2.49. The topological polar surface area (TPSA) is 144 Å². The van der Waals surface area contributed by atoms with Gasteiger partial charge in [-0.05, 0) is 6.07 Å². The Labute approximate surface area is 119 Å². The van der Waals surface area contributed by atoms with E-state index in [0.717, 1.165) is 24.5 Å². The summed E-state index contributed by atoms with van der Waals surface area (Å²) in [6, 6.07) is 2.89. The molecule has 0 heterocycles. The van der Waals surface area contributed by atoms with Crippen molar-refractivity contribution in [1.29, 1.82) is 0 Å². The number of rotatable bonds is 6. The SMILES string of the molecule is CS(=O)(=O)CCC(=O)Nc1cc([N+](=O)[O-])ccc1C(=O)O. The fourth-order valence-electron chi connectivity index (χ4n) is 1.43. The number of carboxylic acids is 1. The predicted octanol–water partition coefficient (Wildman–Crippen LogP) is 0.666. The summed E-state index contributed by atoms with van der Waals surface area (Å²) in [5, 5.41) is 21.8. The summed E-state index contributed by atoms with van der Waals surface area (Å²) in [5.41, 5.74) is -0.970. The third-order valence-corrected chi connectivity index (χ3v) is 3.36. The summed E-state index contributed by atoms with van der Waals surface area (Å²) >= 11 is 0. The molecule has 114 valence electrons. The quantitative estimate of drug-likeness (QED) is 0.579. The van der Waals surface area contributed by atoms with Gasteiger partial charge in [0.15, 0.2) is 0 Å². The van der Waals surface area contributed by atoms with Gasteiger partial charge >= 0.3 is 5.97 Å². The van der Waals surface area contributed by atoms with Gasteiger partial charge in [-0.3, -0.25) is 14.9 Å². The molecule has 0 saturated carbocycles. The lowest BCUT2D eigenvalue weighted by atomic mass is 10.1. The van der Waals surface area contributed by atoms with Crippen molar-refractivity contribution >= 4 is 33.1 Å². The van der Waals surface area contributed by atoms with Crippen LogP contribution in [-0.2, 0) is 14.6 Å². The van der Waals surface area contributed by atoms with Crippen LogP contribution in [0.4, 0.5) is 11.4 Å². The molecule has 1 rings (SSSR count). The number of nitro benzene ring substituents is 1. The van der Waals surface area contributed by atoms with Crippen molar-refractivity contribution in [3.63, 3.8) is 0 Å². The van der Waals surface area contributed by atoms with E-state index in [4.69, 9.17) is 5.11 Å². The third-order valence-electron chi connectivity index (χ3n) is 2.42. The Morgan fingerprint density at radius 2 is 2.00 bits per heavy atom. The number of aromatic carboxylic acids is 1. The molecule has 0 aliphatic rings. The van der Waals surface area contributed by atoms with Crippen molar-refractivity contribution in [2.45, 2.75) is 6.42 Å². The van der Waals surface area contributed by atoms with Gasteiger partial charge in [-0.1, -0.05) is 0 Å². The van der Waals surface area contributed by atoms with Crippen molar-refractivity contribution in [2.24, 2.45) is 0 Å². The Kier molecular flexibility index (Phi) is 4.97. The molecule has 0 bridgehead atoms. The largest absolute Gasteiger partial charge is 0.478 e. The highest BCUT2D eigenvalue weighted by atomic mass is 32.2. The van der Waals surface area contributed by atoms with Crippen molar-refractivity contribution in [3.8, 4) is 0 Å². The summed E-state index contributed by atoms with van der Waals surface area (Å²) in [6.45, 7) is 0. The number of non-ortho nitro benzene ring substituents is 1. The number of nitrogens with one attached hydrogen (secondary N) is 1. The molecule has 0 atom stereocenters. The van der Waals surface area contributed by atoms with Gasteiger partial charge in [0.2, 0.25) is 5.91 Å². The van der Waals surface area contributed by atoms with Crippen LogP contribution in [-0.4, -0.2) is 42.3 Å². The van der Waals surface area contributed by atoms with Crippen LogP contribution in [0.2, 0.25) is 0 Å². The molecule has 21 heavy (non-hydrogen) atoms. The second kappa shape index (κ2) is 6.31. The first-order valence-electron chi connectivity index (χ1n) is 5.59. The van der Waals surface area contributed by atoms with Crippen LogP contribution < -0.4 is 5.32 Å². The van der Waals surface area contributed by atoms with E-state index in [2.05, 4.69) is 5.32 Å². The first-order valence-corrected chi connectivity index (χ1v) is 7.65. The summed E-state index contributed by atoms with van der Waals surface area (Å²) in [5.74, 6) is -2.53. The molecule has 2 N–H and O–H groups in total. The number of carbonyl (C=O) groups excluding carboxylic acids is 1. The molecule has 0 unspecified atom stereocenters. The van der Waals surface area contributed by atoms with Crippen LogP contribution in [0.1, 0.15) is 16.8 Å². The monoisotopic (exact) mass is 316 g/mol. The molecular weight excluding hydrogens is 304 g/mol. The van der Waals surface area contributed by atoms with Gasteiger partial charge in [-0.2, -0.15) is 0 Å². The van der Waals surface area contributed by atoms with Crippen molar-refractivity contribution in [1.82, 2.24) is 0 Å². The Bertz CT molecular complexity index is 697. The number of hydrogen-bond acceptors (Lipinski definition) is 6. The molecule has 10 heteroatoms. The number of nitrogens with zero attached hydrogens (tertiary/aromatic N) is 1. The number of hydrogen-bond donors (Lipinski definition) is 2. The highest BCUT2D eigenvalue weighted by Gasteiger charge is 2.17. The van der Waals surface area contributed by atoms with Gasteiger partial charge in [0.1, 0.15) is 9.84 Å².